The van der Waals surface area contributed by atoms with Gasteiger partial charge in [-0.3, -0.25) is 24.6 Å². The number of carbonyl (C=O) groups excluding carboxylic acids is 4. The van der Waals surface area contributed by atoms with E-state index >= 15 is 0 Å². The lowest BCUT2D eigenvalue weighted by Crippen LogP contribution is -2.55. The highest BCUT2D eigenvalue weighted by Gasteiger charge is 2.41. The summed E-state index contributed by atoms with van der Waals surface area (Å²) in [6.07, 6.45) is 4.40. The number of halogens is 2. The molecule has 0 heterocycles. The van der Waals surface area contributed by atoms with Crippen LogP contribution in [0.15, 0.2) is 0 Å². The highest BCUT2D eigenvalue weighted by molar-refractivity contribution is 5.85. The molecule has 7 unspecified atom stereocenters. The number of hydrogen-bond acceptors (Lipinski definition) is 6. The van der Waals surface area contributed by atoms with Crippen LogP contribution in [0.5, 0.6) is 0 Å². The van der Waals surface area contributed by atoms with Crippen LogP contribution >= 0.6 is 0 Å². The smallest absolute Gasteiger partial charge is 0.237 e. The van der Waals surface area contributed by atoms with E-state index in [0.29, 0.717) is 32.5 Å². The van der Waals surface area contributed by atoms with Crippen LogP contribution in [0.2, 0.25) is 0 Å². The zero-order valence-corrected chi connectivity index (χ0v) is 28.9. The van der Waals surface area contributed by atoms with E-state index in [1.54, 1.807) is 9.91 Å². The molecule has 3 saturated carbocycles. The largest absolute Gasteiger partial charge is 0.390 e. The Morgan fingerprint density at radius 1 is 0.766 bits per heavy atom. The van der Waals surface area contributed by atoms with Crippen molar-refractivity contribution >= 4 is 23.6 Å². The van der Waals surface area contributed by atoms with Gasteiger partial charge in [-0.25, -0.2) is 13.8 Å². The van der Waals surface area contributed by atoms with E-state index in [1.165, 1.54) is 0 Å². The van der Waals surface area contributed by atoms with Crippen LogP contribution in [0.1, 0.15) is 117 Å². The lowest BCUT2D eigenvalue weighted by atomic mass is 9.73. The van der Waals surface area contributed by atoms with Gasteiger partial charge in [-0.05, 0) is 76.5 Å². The minimum Gasteiger partial charge on any atom is -0.390 e. The number of nitrogens with zero attached hydrogens (tertiary/aromatic N) is 2. The summed E-state index contributed by atoms with van der Waals surface area (Å²) >= 11 is 0. The predicted octanol–water partition coefficient (Wildman–Crippen LogP) is 4.19. The molecule has 0 saturated heterocycles. The summed E-state index contributed by atoms with van der Waals surface area (Å²) in [5.41, 5.74) is 8.70. The number of amides is 4. The zero-order valence-electron chi connectivity index (χ0n) is 28.9. The number of aliphatic hydroxyl groups is 1. The van der Waals surface area contributed by atoms with Crippen molar-refractivity contribution in [2.24, 2.45) is 35.3 Å². The molecule has 0 aromatic carbocycles. The summed E-state index contributed by atoms with van der Waals surface area (Å²) in [5, 5.41) is 16.2. The molecule has 270 valence electrons. The van der Waals surface area contributed by atoms with Crippen LogP contribution in [-0.2, 0) is 19.2 Å². The van der Waals surface area contributed by atoms with Crippen molar-refractivity contribution in [3.05, 3.63) is 0 Å². The van der Waals surface area contributed by atoms with Crippen LogP contribution in [0.4, 0.5) is 8.78 Å². The normalized spacial score (nSPS) is 28.3. The van der Waals surface area contributed by atoms with E-state index in [0.717, 1.165) is 44.9 Å². The Labute approximate surface area is 280 Å². The van der Waals surface area contributed by atoms with Crippen molar-refractivity contribution in [3.8, 4) is 0 Å². The molecule has 0 bridgehead atoms. The number of rotatable bonds is 17. The van der Waals surface area contributed by atoms with Gasteiger partial charge < -0.3 is 21.1 Å². The van der Waals surface area contributed by atoms with E-state index in [9.17, 15) is 33.1 Å². The second-order valence-corrected chi connectivity index (χ2v) is 14.5. The Morgan fingerprint density at radius 2 is 1.34 bits per heavy atom. The Hall–Kier alpha value is -2.34. The number of hydrogen-bond donors (Lipinski definition) is 4. The minimum atomic E-state index is -1.29. The van der Waals surface area contributed by atoms with Gasteiger partial charge in [-0.2, -0.15) is 0 Å². The van der Waals surface area contributed by atoms with Crippen LogP contribution in [0.3, 0.4) is 0 Å². The Bertz CT molecular complexity index is 999. The van der Waals surface area contributed by atoms with Gasteiger partial charge in [0.05, 0.1) is 12.1 Å². The first kappa shape index (κ1) is 39.1. The van der Waals surface area contributed by atoms with Crippen LogP contribution in [0, 0.1) is 29.6 Å². The number of hydrazine groups is 1. The maximum atomic E-state index is 14.4. The van der Waals surface area contributed by atoms with Gasteiger partial charge in [0.1, 0.15) is 12.3 Å². The average molecular weight is 670 g/mol. The molecule has 5 N–H and O–H groups in total. The molecule has 3 fully saturated rings. The number of primary amides is 1. The maximum absolute atomic E-state index is 14.4. The van der Waals surface area contributed by atoms with Gasteiger partial charge >= 0.3 is 0 Å². The van der Waals surface area contributed by atoms with Crippen molar-refractivity contribution in [1.29, 1.82) is 0 Å². The van der Waals surface area contributed by atoms with Crippen LogP contribution in [-0.4, -0.2) is 89.3 Å². The standard InChI is InChI=1S/C35H61F2N5O5/c1-4-12-41(13-5-2)35(47)27-19-25(32(38)44)18-26(20-27)33(45)39-30(17-23-15-28(36)21-29(37)16-23)31(43)22-42(14-6-3)40-34(46)24-10-8-7-9-11-24/h23-31,43H,4-22H2,1-3H3,(H2,38,44)(H,39,45)(H,40,46). The van der Waals surface area contributed by atoms with E-state index in [-0.39, 0.29) is 68.7 Å². The number of alkyl halides is 2. The molecule has 3 aliphatic carbocycles. The lowest BCUT2D eigenvalue weighted by Gasteiger charge is -2.37. The number of aliphatic hydroxyl groups excluding tert-OH is 1. The van der Waals surface area contributed by atoms with Gasteiger partial charge in [0.25, 0.3) is 0 Å². The van der Waals surface area contributed by atoms with E-state index in [4.69, 9.17) is 5.73 Å². The summed E-state index contributed by atoms with van der Waals surface area (Å²) in [5.74, 6) is -3.45. The maximum Gasteiger partial charge on any atom is 0.237 e. The van der Waals surface area contributed by atoms with Crippen molar-refractivity contribution in [1.82, 2.24) is 20.7 Å². The van der Waals surface area contributed by atoms with Crippen molar-refractivity contribution in [2.45, 2.75) is 142 Å². The third-order valence-corrected chi connectivity index (χ3v) is 10.3. The number of nitrogens with one attached hydrogen (secondary N) is 2. The molecule has 12 heteroatoms. The van der Waals surface area contributed by atoms with E-state index < -0.39 is 54.1 Å². The summed E-state index contributed by atoms with van der Waals surface area (Å²) in [6, 6.07) is -0.851. The fourth-order valence-electron chi connectivity index (χ4n) is 7.98. The molecule has 3 rings (SSSR count). The average Bonchev–Trinajstić information content (AvgIpc) is 3.03. The third kappa shape index (κ3) is 12.2. The lowest BCUT2D eigenvalue weighted by molar-refractivity contribution is -0.141. The van der Waals surface area contributed by atoms with Gasteiger partial charge in [0, 0.05) is 56.3 Å². The SMILES string of the molecule is CCCN(CC(O)C(CC1CC(F)CC(F)C1)NC(=O)C1CC(C(N)=O)CC(C(=O)N(CCC)CCC)C1)NC(=O)C1CCCCC1. The van der Waals surface area contributed by atoms with Crippen LogP contribution < -0.4 is 16.5 Å². The molecule has 10 nitrogen and oxygen atoms in total. The molecule has 0 spiro atoms. The van der Waals surface area contributed by atoms with Gasteiger partial charge in [0.15, 0.2) is 0 Å². The van der Waals surface area contributed by atoms with Crippen molar-refractivity contribution < 1.29 is 33.1 Å². The molecular formula is C35H61F2N5O5. The second kappa shape index (κ2) is 19.6. The molecule has 0 aromatic rings. The predicted molar refractivity (Wildman–Crippen MR) is 177 cm³/mol. The van der Waals surface area contributed by atoms with E-state index in [2.05, 4.69) is 10.7 Å². The first-order valence-electron chi connectivity index (χ1n) is 18.4. The van der Waals surface area contributed by atoms with E-state index in [1.807, 2.05) is 20.8 Å². The molecule has 47 heavy (non-hydrogen) atoms. The minimum absolute atomic E-state index is 0.0285. The first-order valence-corrected chi connectivity index (χ1v) is 18.4. The monoisotopic (exact) mass is 669 g/mol. The highest BCUT2D eigenvalue weighted by atomic mass is 19.1. The first-order chi connectivity index (χ1) is 22.4. The fourth-order valence-corrected chi connectivity index (χ4v) is 7.98. The quantitative estimate of drug-likeness (QED) is 0.171. The third-order valence-electron chi connectivity index (χ3n) is 10.3. The van der Waals surface area contributed by atoms with Crippen LogP contribution in [0.25, 0.3) is 0 Å². The summed E-state index contributed by atoms with van der Waals surface area (Å²) in [7, 11) is 0. The topological polar surface area (TPSA) is 145 Å². The number of nitrogens with two attached hydrogens (primary N) is 1. The van der Waals surface area contributed by atoms with Gasteiger partial charge in [-0.1, -0.05) is 40.0 Å². The molecule has 4 amide bonds. The van der Waals surface area contributed by atoms with Gasteiger partial charge in [-0.15, -0.1) is 0 Å². The Kier molecular flexibility index (Phi) is 16.3. The summed E-state index contributed by atoms with van der Waals surface area (Å²) < 4.78 is 28.8. The van der Waals surface area contributed by atoms with Crippen molar-refractivity contribution in [2.75, 3.05) is 26.2 Å². The molecule has 3 aliphatic rings. The molecule has 7 atom stereocenters. The summed E-state index contributed by atoms with van der Waals surface area (Å²) in [6.45, 7) is 7.65. The second-order valence-electron chi connectivity index (χ2n) is 14.5. The molecular weight excluding hydrogens is 608 g/mol. The van der Waals surface area contributed by atoms with Gasteiger partial charge in [0.2, 0.25) is 23.6 Å². The number of carbonyl (C=O) groups is 4. The Balaban J connectivity index is 1.78. The molecule has 0 aromatic heterocycles. The van der Waals surface area contributed by atoms with Crippen molar-refractivity contribution in [3.63, 3.8) is 0 Å². The summed E-state index contributed by atoms with van der Waals surface area (Å²) in [4.78, 5) is 54.7. The molecule has 0 radical (unpaired) electrons. The highest BCUT2D eigenvalue weighted by Crippen LogP contribution is 2.36. The fraction of sp³-hybridized carbons (Fsp3) is 0.886. The Morgan fingerprint density at radius 3 is 1.91 bits per heavy atom. The molecule has 0 aliphatic heterocycles. The zero-order chi connectivity index (χ0) is 34.5.